The fourth-order valence-corrected chi connectivity index (χ4v) is 2.80. The van der Waals surface area contributed by atoms with Crippen LogP contribution in [0.2, 0.25) is 5.02 Å². The zero-order chi connectivity index (χ0) is 12.5. The number of hydrogen-bond acceptors (Lipinski definition) is 2. The van der Waals surface area contributed by atoms with Gasteiger partial charge in [0.05, 0.1) is 5.02 Å². The van der Waals surface area contributed by atoms with Gasteiger partial charge in [-0.15, -0.1) is 0 Å². The van der Waals surface area contributed by atoms with Crippen LogP contribution >= 0.6 is 11.6 Å². The van der Waals surface area contributed by atoms with Gasteiger partial charge in [0.1, 0.15) is 5.82 Å². The SMILES string of the molecule is Fc1cc(N2CCCNC(C3CC3)C2)ccc1Cl. The van der Waals surface area contributed by atoms with Crippen LogP contribution in [0.15, 0.2) is 18.2 Å². The van der Waals surface area contributed by atoms with Crippen molar-refractivity contribution in [2.75, 3.05) is 24.5 Å². The molecular weight excluding hydrogens is 251 g/mol. The summed E-state index contributed by atoms with van der Waals surface area (Å²) >= 11 is 5.74. The molecule has 0 amide bonds. The Labute approximate surface area is 112 Å². The van der Waals surface area contributed by atoms with E-state index in [0.717, 1.165) is 37.7 Å². The lowest BCUT2D eigenvalue weighted by atomic mass is 10.1. The quantitative estimate of drug-likeness (QED) is 0.887. The number of nitrogens with zero attached hydrogens (tertiary/aromatic N) is 1. The van der Waals surface area contributed by atoms with Crippen LogP contribution in [0.25, 0.3) is 0 Å². The van der Waals surface area contributed by atoms with Crippen molar-refractivity contribution in [3.05, 3.63) is 29.0 Å². The van der Waals surface area contributed by atoms with Gasteiger partial charge in [-0.05, 0) is 49.9 Å². The molecule has 0 bridgehead atoms. The lowest BCUT2D eigenvalue weighted by Crippen LogP contribution is -2.39. The molecule has 98 valence electrons. The first-order valence-corrected chi connectivity index (χ1v) is 7.05. The van der Waals surface area contributed by atoms with E-state index in [1.165, 1.54) is 12.8 Å². The number of nitrogens with one attached hydrogen (secondary N) is 1. The molecule has 18 heavy (non-hydrogen) atoms. The van der Waals surface area contributed by atoms with Crippen molar-refractivity contribution in [3.8, 4) is 0 Å². The summed E-state index contributed by atoms with van der Waals surface area (Å²) in [5.74, 6) is 0.497. The Morgan fingerprint density at radius 1 is 1.33 bits per heavy atom. The lowest BCUT2D eigenvalue weighted by Gasteiger charge is -2.26. The summed E-state index contributed by atoms with van der Waals surface area (Å²) in [6, 6.07) is 5.68. The second-order valence-electron chi connectivity index (χ2n) is 5.30. The Morgan fingerprint density at radius 2 is 2.17 bits per heavy atom. The number of halogens is 2. The van der Waals surface area contributed by atoms with E-state index >= 15 is 0 Å². The minimum atomic E-state index is -0.325. The molecule has 1 unspecified atom stereocenters. The summed E-state index contributed by atoms with van der Waals surface area (Å²) in [7, 11) is 0. The molecule has 0 radical (unpaired) electrons. The highest BCUT2D eigenvalue weighted by Gasteiger charge is 2.33. The lowest BCUT2D eigenvalue weighted by molar-refractivity contribution is 0.490. The van der Waals surface area contributed by atoms with Gasteiger partial charge < -0.3 is 10.2 Å². The molecule has 4 heteroatoms. The molecule has 2 fully saturated rings. The third-order valence-corrected chi connectivity index (χ3v) is 4.19. The summed E-state index contributed by atoms with van der Waals surface area (Å²) < 4.78 is 13.5. The van der Waals surface area contributed by atoms with Crippen molar-refractivity contribution >= 4 is 17.3 Å². The van der Waals surface area contributed by atoms with Crippen molar-refractivity contribution in [3.63, 3.8) is 0 Å². The Bertz CT molecular complexity index is 434. The number of rotatable bonds is 2. The second kappa shape index (κ2) is 5.06. The van der Waals surface area contributed by atoms with Gasteiger partial charge in [0.2, 0.25) is 0 Å². The zero-order valence-corrected chi connectivity index (χ0v) is 11.1. The molecule has 1 heterocycles. The zero-order valence-electron chi connectivity index (χ0n) is 10.3. The van der Waals surface area contributed by atoms with Crippen LogP contribution in [-0.2, 0) is 0 Å². The topological polar surface area (TPSA) is 15.3 Å². The largest absolute Gasteiger partial charge is 0.370 e. The van der Waals surface area contributed by atoms with Crippen molar-refractivity contribution in [2.24, 2.45) is 5.92 Å². The first-order valence-electron chi connectivity index (χ1n) is 6.67. The van der Waals surface area contributed by atoms with E-state index in [0.29, 0.717) is 6.04 Å². The van der Waals surface area contributed by atoms with Gasteiger partial charge in [0.25, 0.3) is 0 Å². The molecule has 1 atom stereocenters. The first-order chi connectivity index (χ1) is 8.74. The Kier molecular flexibility index (Phi) is 3.44. The number of anilines is 1. The normalized spacial score (nSPS) is 25.0. The van der Waals surface area contributed by atoms with Crippen LogP contribution in [0.3, 0.4) is 0 Å². The van der Waals surface area contributed by atoms with Crippen molar-refractivity contribution in [1.29, 1.82) is 0 Å². The summed E-state index contributed by atoms with van der Waals surface area (Å²) in [6.07, 6.45) is 3.77. The maximum Gasteiger partial charge on any atom is 0.143 e. The van der Waals surface area contributed by atoms with Gasteiger partial charge >= 0.3 is 0 Å². The molecule has 1 aromatic carbocycles. The van der Waals surface area contributed by atoms with Crippen LogP contribution in [0.1, 0.15) is 19.3 Å². The summed E-state index contributed by atoms with van der Waals surface area (Å²) in [5.41, 5.74) is 0.950. The Hall–Kier alpha value is -0.800. The van der Waals surface area contributed by atoms with Gasteiger partial charge in [-0.25, -0.2) is 4.39 Å². The molecule has 2 aliphatic rings. The molecular formula is C14H18ClFN2. The molecule has 1 aliphatic heterocycles. The van der Waals surface area contributed by atoms with E-state index in [4.69, 9.17) is 11.6 Å². The van der Waals surface area contributed by atoms with Crippen molar-refractivity contribution in [2.45, 2.75) is 25.3 Å². The van der Waals surface area contributed by atoms with E-state index in [1.807, 2.05) is 6.07 Å². The number of hydrogen-bond donors (Lipinski definition) is 1. The maximum atomic E-state index is 13.5. The molecule has 0 aromatic heterocycles. The van der Waals surface area contributed by atoms with Gasteiger partial charge in [0, 0.05) is 24.8 Å². The van der Waals surface area contributed by atoms with Crippen LogP contribution in [0.4, 0.5) is 10.1 Å². The minimum Gasteiger partial charge on any atom is -0.370 e. The highest BCUT2D eigenvalue weighted by Crippen LogP contribution is 2.34. The van der Waals surface area contributed by atoms with Crippen LogP contribution in [0, 0.1) is 11.7 Å². The molecule has 3 rings (SSSR count). The van der Waals surface area contributed by atoms with Crippen molar-refractivity contribution in [1.82, 2.24) is 5.32 Å². The van der Waals surface area contributed by atoms with Gasteiger partial charge in [-0.1, -0.05) is 11.6 Å². The second-order valence-corrected chi connectivity index (χ2v) is 5.70. The standard InChI is InChI=1S/C14H18ClFN2/c15-12-5-4-11(8-13(12)16)18-7-1-6-17-14(9-18)10-2-3-10/h4-5,8,10,14,17H,1-3,6-7,9H2. The molecule has 1 aromatic rings. The Balaban J connectivity index is 1.78. The fourth-order valence-electron chi connectivity index (χ4n) is 2.68. The first kappa shape index (κ1) is 12.2. The van der Waals surface area contributed by atoms with Crippen LogP contribution in [0.5, 0.6) is 0 Å². The highest BCUT2D eigenvalue weighted by atomic mass is 35.5. The summed E-state index contributed by atoms with van der Waals surface area (Å²) in [6.45, 7) is 3.02. The monoisotopic (exact) mass is 268 g/mol. The third kappa shape index (κ3) is 2.62. The minimum absolute atomic E-state index is 0.199. The molecule has 1 aliphatic carbocycles. The predicted octanol–water partition coefficient (Wildman–Crippen LogP) is 3.06. The van der Waals surface area contributed by atoms with E-state index in [1.54, 1.807) is 12.1 Å². The van der Waals surface area contributed by atoms with E-state index < -0.39 is 0 Å². The smallest absolute Gasteiger partial charge is 0.143 e. The van der Waals surface area contributed by atoms with Gasteiger partial charge in [-0.2, -0.15) is 0 Å². The molecule has 1 saturated carbocycles. The Morgan fingerprint density at radius 3 is 2.89 bits per heavy atom. The van der Waals surface area contributed by atoms with E-state index in [-0.39, 0.29) is 10.8 Å². The average Bonchev–Trinajstić information content (AvgIpc) is 3.16. The van der Waals surface area contributed by atoms with E-state index in [9.17, 15) is 4.39 Å². The van der Waals surface area contributed by atoms with Crippen LogP contribution in [-0.4, -0.2) is 25.7 Å². The fraction of sp³-hybridized carbons (Fsp3) is 0.571. The van der Waals surface area contributed by atoms with Gasteiger partial charge in [-0.3, -0.25) is 0 Å². The predicted molar refractivity (Wildman–Crippen MR) is 72.8 cm³/mol. The molecule has 2 nitrogen and oxygen atoms in total. The van der Waals surface area contributed by atoms with Gasteiger partial charge in [0.15, 0.2) is 0 Å². The number of benzene rings is 1. The summed E-state index contributed by atoms with van der Waals surface area (Å²) in [5, 5.41) is 3.81. The van der Waals surface area contributed by atoms with Crippen LogP contribution < -0.4 is 10.2 Å². The van der Waals surface area contributed by atoms with E-state index in [2.05, 4.69) is 10.2 Å². The van der Waals surface area contributed by atoms with Crippen molar-refractivity contribution < 1.29 is 4.39 Å². The summed E-state index contributed by atoms with van der Waals surface area (Å²) in [4.78, 5) is 2.28. The molecule has 0 spiro atoms. The molecule has 1 saturated heterocycles. The molecule has 1 N–H and O–H groups in total. The average molecular weight is 269 g/mol. The highest BCUT2D eigenvalue weighted by molar-refractivity contribution is 6.30. The third-order valence-electron chi connectivity index (χ3n) is 3.89. The maximum absolute atomic E-state index is 13.5.